The third-order valence-corrected chi connectivity index (χ3v) is 3.20. The van der Waals surface area contributed by atoms with E-state index < -0.39 is 0 Å². The number of hydrogen-bond donors (Lipinski definition) is 2. The second-order valence-corrected chi connectivity index (χ2v) is 4.83. The normalized spacial score (nSPS) is 11.1. The number of aromatic amines is 1. The fourth-order valence-electron chi connectivity index (χ4n) is 2.18. The maximum absolute atomic E-state index is 12.0. The molecular weight excluding hydrogens is 268 g/mol. The van der Waals surface area contributed by atoms with E-state index in [1.807, 2.05) is 24.4 Å². The van der Waals surface area contributed by atoms with Gasteiger partial charge in [0, 0.05) is 6.20 Å². The Bertz CT molecular complexity index is 806. The van der Waals surface area contributed by atoms with E-state index in [0.29, 0.717) is 29.8 Å². The van der Waals surface area contributed by atoms with Crippen molar-refractivity contribution in [3.63, 3.8) is 0 Å². The lowest BCUT2D eigenvalue weighted by Gasteiger charge is -2.02. The molecule has 2 aromatic heterocycles. The lowest BCUT2D eigenvalue weighted by Crippen LogP contribution is -2.14. The molecule has 0 spiro atoms. The first-order valence-electron chi connectivity index (χ1n) is 6.83. The zero-order chi connectivity index (χ0) is 14.7. The van der Waals surface area contributed by atoms with Gasteiger partial charge in [0.05, 0.1) is 16.6 Å². The van der Waals surface area contributed by atoms with Gasteiger partial charge in [-0.3, -0.25) is 4.79 Å². The molecule has 0 fully saturated rings. The van der Waals surface area contributed by atoms with Crippen LogP contribution in [0.3, 0.4) is 0 Å². The standard InChI is InChI=1S/C14H16N6O/c15-7-3-4-10-8-20(19-18-10)9-13-16-12-6-2-1-5-11(12)14(21)17-13/h1-2,5-6,8H,3-4,7,9,15H2,(H,16,17,21). The Hall–Kier alpha value is -2.54. The summed E-state index contributed by atoms with van der Waals surface area (Å²) in [6, 6.07) is 7.26. The molecule has 0 bridgehead atoms. The van der Waals surface area contributed by atoms with Gasteiger partial charge in [-0.15, -0.1) is 5.10 Å². The molecule has 3 aromatic rings. The average Bonchev–Trinajstić information content (AvgIpc) is 2.92. The SMILES string of the molecule is NCCCc1cn(Cc2nc3ccccc3c(=O)[nH]2)nn1. The quantitative estimate of drug-likeness (QED) is 0.708. The summed E-state index contributed by atoms with van der Waals surface area (Å²) >= 11 is 0. The number of aromatic nitrogens is 5. The molecule has 108 valence electrons. The number of H-pyrrole nitrogens is 1. The van der Waals surface area contributed by atoms with Gasteiger partial charge in [-0.05, 0) is 31.5 Å². The van der Waals surface area contributed by atoms with Crippen molar-refractivity contribution in [1.82, 2.24) is 25.0 Å². The highest BCUT2D eigenvalue weighted by Crippen LogP contribution is 2.06. The van der Waals surface area contributed by atoms with E-state index in [1.165, 1.54) is 0 Å². The van der Waals surface area contributed by atoms with Crippen LogP contribution in [0.4, 0.5) is 0 Å². The third kappa shape index (κ3) is 2.97. The molecule has 3 rings (SSSR count). The molecule has 3 N–H and O–H groups in total. The van der Waals surface area contributed by atoms with Gasteiger partial charge in [-0.2, -0.15) is 0 Å². The highest BCUT2D eigenvalue weighted by atomic mass is 16.1. The molecule has 0 amide bonds. The highest BCUT2D eigenvalue weighted by molar-refractivity contribution is 5.77. The molecule has 21 heavy (non-hydrogen) atoms. The summed E-state index contributed by atoms with van der Waals surface area (Å²) in [5.74, 6) is 0.564. The van der Waals surface area contributed by atoms with Crippen LogP contribution < -0.4 is 11.3 Å². The van der Waals surface area contributed by atoms with Crippen molar-refractivity contribution in [2.24, 2.45) is 5.73 Å². The first-order valence-corrected chi connectivity index (χ1v) is 6.83. The zero-order valence-electron chi connectivity index (χ0n) is 11.5. The summed E-state index contributed by atoms with van der Waals surface area (Å²) in [5, 5.41) is 8.70. The van der Waals surface area contributed by atoms with Crippen LogP contribution in [-0.2, 0) is 13.0 Å². The maximum atomic E-state index is 12.0. The van der Waals surface area contributed by atoms with E-state index in [1.54, 1.807) is 10.7 Å². The Balaban J connectivity index is 1.84. The minimum absolute atomic E-state index is 0.140. The van der Waals surface area contributed by atoms with Gasteiger partial charge in [0.2, 0.25) is 0 Å². The molecule has 7 heteroatoms. The summed E-state index contributed by atoms with van der Waals surface area (Å²) < 4.78 is 1.67. The first kappa shape index (κ1) is 13.4. The van der Waals surface area contributed by atoms with Gasteiger partial charge in [0.1, 0.15) is 12.4 Å². The molecule has 0 aliphatic carbocycles. The number of nitrogens with zero attached hydrogens (tertiary/aromatic N) is 4. The topological polar surface area (TPSA) is 102 Å². The van der Waals surface area contributed by atoms with Crippen molar-refractivity contribution >= 4 is 10.9 Å². The summed E-state index contributed by atoms with van der Waals surface area (Å²) in [7, 11) is 0. The maximum Gasteiger partial charge on any atom is 0.258 e. The molecule has 1 aromatic carbocycles. The van der Waals surface area contributed by atoms with E-state index in [0.717, 1.165) is 18.5 Å². The Morgan fingerprint density at radius 1 is 1.29 bits per heavy atom. The number of para-hydroxylation sites is 1. The fraction of sp³-hybridized carbons (Fsp3) is 0.286. The van der Waals surface area contributed by atoms with Crippen molar-refractivity contribution in [3.8, 4) is 0 Å². The summed E-state index contributed by atoms with van der Waals surface area (Å²) in [4.78, 5) is 19.2. The minimum atomic E-state index is -0.140. The molecule has 0 saturated carbocycles. The molecule has 0 aliphatic rings. The summed E-state index contributed by atoms with van der Waals surface area (Å²) in [6.45, 7) is 1.02. The van der Waals surface area contributed by atoms with E-state index >= 15 is 0 Å². The average molecular weight is 284 g/mol. The largest absolute Gasteiger partial charge is 0.330 e. The van der Waals surface area contributed by atoms with Crippen molar-refractivity contribution < 1.29 is 0 Å². The Labute approximate surface area is 120 Å². The molecule has 7 nitrogen and oxygen atoms in total. The number of nitrogens with two attached hydrogens (primary N) is 1. The van der Waals surface area contributed by atoms with Crippen molar-refractivity contribution in [2.45, 2.75) is 19.4 Å². The molecule has 0 radical (unpaired) electrons. The van der Waals surface area contributed by atoms with Crippen molar-refractivity contribution in [1.29, 1.82) is 0 Å². The molecular formula is C14H16N6O. The molecule has 0 saturated heterocycles. The van der Waals surface area contributed by atoms with E-state index in [4.69, 9.17) is 5.73 Å². The molecule has 0 atom stereocenters. The second kappa shape index (κ2) is 5.84. The molecule has 0 aliphatic heterocycles. The van der Waals surface area contributed by atoms with Gasteiger partial charge in [-0.1, -0.05) is 17.3 Å². The Kier molecular flexibility index (Phi) is 3.74. The van der Waals surface area contributed by atoms with E-state index in [2.05, 4.69) is 20.3 Å². The van der Waals surface area contributed by atoms with Crippen LogP contribution in [0.1, 0.15) is 17.9 Å². The summed E-state index contributed by atoms with van der Waals surface area (Å²) in [6.07, 6.45) is 3.53. The number of nitrogens with one attached hydrogen (secondary N) is 1. The number of fused-ring (bicyclic) bond motifs is 1. The predicted octanol–water partition coefficient (Wildman–Crippen LogP) is 0.454. The third-order valence-electron chi connectivity index (χ3n) is 3.20. The number of rotatable bonds is 5. The van der Waals surface area contributed by atoms with Gasteiger partial charge in [0.15, 0.2) is 0 Å². The highest BCUT2D eigenvalue weighted by Gasteiger charge is 2.06. The lowest BCUT2D eigenvalue weighted by atomic mass is 10.2. The van der Waals surface area contributed by atoms with Crippen LogP contribution >= 0.6 is 0 Å². The van der Waals surface area contributed by atoms with E-state index in [9.17, 15) is 4.79 Å². The van der Waals surface area contributed by atoms with Gasteiger partial charge in [-0.25, -0.2) is 9.67 Å². The van der Waals surface area contributed by atoms with Gasteiger partial charge >= 0.3 is 0 Å². The zero-order valence-corrected chi connectivity index (χ0v) is 11.5. The second-order valence-electron chi connectivity index (χ2n) is 4.83. The van der Waals surface area contributed by atoms with Gasteiger partial charge in [0.25, 0.3) is 5.56 Å². The van der Waals surface area contributed by atoms with Crippen molar-refractivity contribution in [3.05, 3.63) is 52.3 Å². The molecule has 2 heterocycles. The summed E-state index contributed by atoms with van der Waals surface area (Å²) in [5.41, 5.74) is 6.90. The van der Waals surface area contributed by atoms with Crippen molar-refractivity contribution in [2.75, 3.05) is 6.54 Å². The van der Waals surface area contributed by atoms with Crippen LogP contribution in [0.5, 0.6) is 0 Å². The predicted molar refractivity (Wildman–Crippen MR) is 78.9 cm³/mol. The lowest BCUT2D eigenvalue weighted by molar-refractivity contribution is 0.625. The van der Waals surface area contributed by atoms with E-state index in [-0.39, 0.29) is 5.56 Å². The van der Waals surface area contributed by atoms with Crippen LogP contribution in [-0.4, -0.2) is 31.5 Å². The fourth-order valence-corrected chi connectivity index (χ4v) is 2.18. The minimum Gasteiger partial charge on any atom is -0.330 e. The van der Waals surface area contributed by atoms with Gasteiger partial charge < -0.3 is 10.7 Å². The Morgan fingerprint density at radius 2 is 2.14 bits per heavy atom. The smallest absolute Gasteiger partial charge is 0.258 e. The number of hydrogen-bond acceptors (Lipinski definition) is 5. The van der Waals surface area contributed by atoms with Crippen LogP contribution in [0.2, 0.25) is 0 Å². The Morgan fingerprint density at radius 3 is 3.00 bits per heavy atom. The first-order chi connectivity index (χ1) is 10.3. The number of aryl methyl sites for hydroxylation is 1. The van der Waals surface area contributed by atoms with Crippen LogP contribution in [0.25, 0.3) is 10.9 Å². The van der Waals surface area contributed by atoms with Crippen LogP contribution in [0.15, 0.2) is 35.3 Å². The molecule has 0 unspecified atom stereocenters. The monoisotopic (exact) mass is 284 g/mol. The van der Waals surface area contributed by atoms with Crippen LogP contribution in [0, 0.1) is 0 Å². The number of benzene rings is 1.